The predicted octanol–water partition coefficient (Wildman–Crippen LogP) is 0.835. The van der Waals surface area contributed by atoms with E-state index < -0.39 is 8.07 Å². The Bertz CT molecular complexity index is 198. The lowest BCUT2D eigenvalue weighted by atomic mass is 10.9. The third kappa shape index (κ3) is 3.92. The first-order valence-electron chi connectivity index (χ1n) is 2.97. The van der Waals surface area contributed by atoms with E-state index in [4.69, 9.17) is 11.1 Å². The van der Waals surface area contributed by atoms with Crippen molar-refractivity contribution in [3.63, 3.8) is 0 Å². The minimum Gasteiger partial charge on any atom is -0.363 e. The van der Waals surface area contributed by atoms with Gasteiger partial charge < -0.3 is 11.1 Å². The Hall–Kier alpha value is -1.02. The van der Waals surface area contributed by atoms with Crippen LogP contribution >= 0.6 is 0 Å². The highest BCUT2D eigenvalue weighted by atomic mass is 28.3. The highest BCUT2D eigenvalue weighted by Crippen LogP contribution is 2.01. The molecular weight excluding hydrogens is 144 g/mol. The molecule has 0 fully saturated rings. The summed E-state index contributed by atoms with van der Waals surface area (Å²) in [5, 5.41) is 0. The van der Waals surface area contributed by atoms with Gasteiger partial charge in [-0.05, 0) is 0 Å². The quantitative estimate of drug-likeness (QED) is 0.250. The molecule has 0 spiro atoms. The van der Waals surface area contributed by atoms with E-state index in [2.05, 4.69) is 9.58 Å². The van der Waals surface area contributed by atoms with E-state index in [9.17, 15) is 0 Å². The summed E-state index contributed by atoms with van der Waals surface area (Å²) < 4.78 is 0. The molecule has 0 rings (SSSR count). The molecule has 0 radical (unpaired) electrons. The highest BCUT2D eigenvalue weighted by molar-refractivity contribution is 7.00. The smallest absolute Gasteiger partial charge is 0.255 e. The molecule has 0 aromatic heterocycles. The fourth-order valence-electron chi connectivity index (χ4n) is 0.485. The molecule has 0 amide bonds. The number of rotatable bonds is 3. The molecule has 0 bridgehead atoms. The number of hydrogen-bond donors (Lipinski definition) is 0. The Morgan fingerprint density at radius 3 is 2.30 bits per heavy atom. The van der Waals surface area contributed by atoms with Gasteiger partial charge in [0.2, 0.25) is 5.84 Å². The summed E-state index contributed by atoms with van der Waals surface area (Å²) in [5.41, 5.74) is 16.3. The van der Waals surface area contributed by atoms with E-state index in [-0.39, 0.29) is 0 Å². The molecule has 0 saturated heterocycles. The van der Waals surface area contributed by atoms with Crippen molar-refractivity contribution in [2.45, 2.75) is 19.1 Å². The molecule has 0 aliphatic rings. The number of hydrogen-bond acceptors (Lipinski definition) is 0. The number of nitrogens with zero attached hydrogens (tertiary/aromatic N) is 4. The summed E-state index contributed by atoms with van der Waals surface area (Å²) >= 11 is 0. The standard InChI is InChI=1S/C5H10N4Si/c1-10(2,5-9-7)4-3-8-6/h3,5H,4H2,1-2H3. The van der Waals surface area contributed by atoms with Crippen LogP contribution in [0, 0.1) is 0 Å². The van der Waals surface area contributed by atoms with Crippen LogP contribution in [0.15, 0.2) is 0 Å². The average molecular weight is 154 g/mol. The van der Waals surface area contributed by atoms with E-state index in [0.717, 1.165) is 0 Å². The van der Waals surface area contributed by atoms with Crippen LogP contribution in [-0.2, 0) is 0 Å². The van der Waals surface area contributed by atoms with E-state index in [1.165, 1.54) is 12.1 Å². The van der Waals surface area contributed by atoms with Crippen LogP contribution in [-0.4, -0.2) is 29.7 Å². The van der Waals surface area contributed by atoms with Crippen LogP contribution in [0.2, 0.25) is 19.1 Å². The molecule has 54 valence electrons. The van der Waals surface area contributed by atoms with Crippen molar-refractivity contribution in [2.75, 3.05) is 0 Å². The Kier molecular flexibility index (Phi) is 3.50. The molecule has 4 nitrogen and oxygen atoms in total. The van der Waals surface area contributed by atoms with Gasteiger partial charge in [0.05, 0.1) is 0 Å². The average Bonchev–Trinajstić information content (AvgIpc) is 1.84. The highest BCUT2D eigenvalue weighted by Gasteiger charge is 2.24. The van der Waals surface area contributed by atoms with Gasteiger partial charge in [-0.1, -0.05) is 13.1 Å². The van der Waals surface area contributed by atoms with Gasteiger partial charge in [-0.25, -0.2) is 0 Å². The SMILES string of the molecule is C[Si](C)(C=[N+]=[N-])CC=[N+]=[N-]. The molecule has 0 heterocycles. The Balaban J connectivity index is 4.11. The second-order valence-corrected chi connectivity index (χ2v) is 7.38. The van der Waals surface area contributed by atoms with Gasteiger partial charge in [-0.3, -0.25) is 0 Å². The van der Waals surface area contributed by atoms with Gasteiger partial charge >= 0.3 is 0 Å². The van der Waals surface area contributed by atoms with Crippen molar-refractivity contribution >= 4 is 20.1 Å². The molecule has 0 aromatic rings. The molecule has 0 N–H and O–H groups in total. The second kappa shape index (κ2) is 3.90. The minimum absolute atomic E-state index is 0.688. The minimum atomic E-state index is -1.58. The maximum Gasteiger partial charge on any atom is 0.255 e. The molecule has 0 saturated carbocycles. The lowest BCUT2D eigenvalue weighted by molar-refractivity contribution is 0.00199. The van der Waals surface area contributed by atoms with E-state index in [1.54, 1.807) is 0 Å². The maximum atomic E-state index is 8.20. The Morgan fingerprint density at radius 2 is 1.90 bits per heavy atom. The van der Waals surface area contributed by atoms with Crippen molar-refractivity contribution in [1.82, 2.24) is 0 Å². The van der Waals surface area contributed by atoms with E-state index in [1.807, 2.05) is 13.1 Å². The first kappa shape index (κ1) is 8.98. The van der Waals surface area contributed by atoms with Crippen LogP contribution in [0.3, 0.4) is 0 Å². The predicted molar refractivity (Wildman–Crippen MR) is 41.7 cm³/mol. The van der Waals surface area contributed by atoms with E-state index in [0.29, 0.717) is 6.04 Å². The summed E-state index contributed by atoms with van der Waals surface area (Å²) in [6.45, 7) is 4.02. The molecule has 10 heavy (non-hydrogen) atoms. The molecule has 0 aliphatic carbocycles. The summed E-state index contributed by atoms with van der Waals surface area (Å²) in [6, 6.07) is 0.688. The fourth-order valence-corrected chi connectivity index (χ4v) is 1.46. The lowest BCUT2D eigenvalue weighted by Gasteiger charge is -2.01. The van der Waals surface area contributed by atoms with Crippen molar-refractivity contribution < 1.29 is 9.58 Å². The lowest BCUT2D eigenvalue weighted by Crippen LogP contribution is -2.28. The molecule has 5 heteroatoms. The largest absolute Gasteiger partial charge is 0.363 e. The van der Waals surface area contributed by atoms with E-state index >= 15 is 0 Å². The Labute approximate surface area is 60.7 Å². The topological polar surface area (TPSA) is 72.8 Å². The van der Waals surface area contributed by atoms with Crippen LogP contribution in [0.4, 0.5) is 0 Å². The van der Waals surface area contributed by atoms with Gasteiger partial charge in [0.1, 0.15) is 0 Å². The third-order valence-corrected chi connectivity index (χ3v) is 3.16. The first-order valence-corrected chi connectivity index (χ1v) is 6.25. The Morgan fingerprint density at radius 1 is 1.30 bits per heavy atom. The summed E-state index contributed by atoms with van der Waals surface area (Å²) in [6.07, 6.45) is 1.42. The van der Waals surface area contributed by atoms with Crippen LogP contribution in [0.5, 0.6) is 0 Å². The maximum absolute atomic E-state index is 8.20. The third-order valence-electron chi connectivity index (χ3n) is 1.11. The molecule has 0 aliphatic heterocycles. The summed E-state index contributed by atoms with van der Waals surface area (Å²) in [5.74, 6) is 1.54. The fraction of sp³-hybridized carbons (Fsp3) is 0.600. The van der Waals surface area contributed by atoms with Gasteiger partial charge in [-0.2, -0.15) is 9.58 Å². The van der Waals surface area contributed by atoms with Crippen molar-refractivity contribution in [3.8, 4) is 0 Å². The zero-order chi connectivity index (χ0) is 8.04. The van der Waals surface area contributed by atoms with Crippen LogP contribution < -0.4 is 0 Å². The van der Waals surface area contributed by atoms with Crippen molar-refractivity contribution in [3.05, 3.63) is 11.1 Å². The van der Waals surface area contributed by atoms with Gasteiger partial charge in [0.25, 0.3) is 6.21 Å². The summed E-state index contributed by atoms with van der Waals surface area (Å²) in [7, 11) is -1.58. The second-order valence-electron chi connectivity index (χ2n) is 2.74. The van der Waals surface area contributed by atoms with Gasteiger partial charge in [0.15, 0.2) is 8.07 Å². The zero-order valence-corrected chi connectivity index (χ0v) is 7.15. The molecule has 0 aromatic carbocycles. The molecule has 0 unspecified atom stereocenters. The molecular formula is C5H10N4Si. The van der Waals surface area contributed by atoms with Gasteiger partial charge in [-0.15, -0.1) is 0 Å². The zero-order valence-electron chi connectivity index (χ0n) is 6.15. The summed E-state index contributed by atoms with van der Waals surface area (Å²) in [4.78, 5) is 5.82. The molecule has 0 atom stereocenters. The van der Waals surface area contributed by atoms with Crippen molar-refractivity contribution in [1.29, 1.82) is 0 Å². The monoisotopic (exact) mass is 154 g/mol. The first-order chi connectivity index (χ1) is 4.62. The van der Waals surface area contributed by atoms with Crippen molar-refractivity contribution in [2.24, 2.45) is 0 Å². The van der Waals surface area contributed by atoms with Crippen LogP contribution in [0.1, 0.15) is 0 Å². The normalized spacial score (nSPS) is 9.40. The van der Waals surface area contributed by atoms with Crippen LogP contribution in [0.25, 0.3) is 11.1 Å². The van der Waals surface area contributed by atoms with Gasteiger partial charge in [0, 0.05) is 6.04 Å².